The van der Waals surface area contributed by atoms with Gasteiger partial charge in [-0.25, -0.2) is 0 Å². The van der Waals surface area contributed by atoms with Crippen molar-refractivity contribution in [2.45, 2.75) is 26.7 Å². The summed E-state index contributed by atoms with van der Waals surface area (Å²) in [5.41, 5.74) is 10.2. The van der Waals surface area contributed by atoms with Crippen LogP contribution in [0, 0.1) is 6.92 Å². The molecule has 0 unspecified atom stereocenters. The lowest BCUT2D eigenvalue weighted by atomic mass is 9.96. The number of aromatic nitrogens is 2. The number of nitrogens with two attached hydrogens (primary N) is 1. The van der Waals surface area contributed by atoms with Crippen molar-refractivity contribution in [1.29, 1.82) is 0 Å². The number of benzene rings is 1. The average Bonchev–Trinajstić information content (AvgIpc) is 2.65. The van der Waals surface area contributed by atoms with Crippen molar-refractivity contribution in [2.75, 3.05) is 5.73 Å². The van der Waals surface area contributed by atoms with Crippen LogP contribution in [0.1, 0.15) is 30.9 Å². The van der Waals surface area contributed by atoms with Gasteiger partial charge in [-0.3, -0.25) is 0 Å². The standard InChI is InChI=1S/C12H15N3S/c1-7(2)9-5-4-8(3)10(6-9)11-12(13)15-16-14-11/h4-7H,1-3H3,(H2,13,15). The highest BCUT2D eigenvalue weighted by Gasteiger charge is 2.11. The number of aryl methyl sites for hydroxylation is 1. The first kappa shape index (κ1) is 11.1. The van der Waals surface area contributed by atoms with Crippen LogP contribution in [0.25, 0.3) is 11.3 Å². The van der Waals surface area contributed by atoms with Crippen LogP contribution >= 0.6 is 11.7 Å². The molecule has 0 aliphatic carbocycles. The van der Waals surface area contributed by atoms with Gasteiger partial charge < -0.3 is 5.73 Å². The third-order valence-corrected chi connectivity index (χ3v) is 3.24. The Morgan fingerprint density at radius 2 is 2.00 bits per heavy atom. The van der Waals surface area contributed by atoms with Crippen molar-refractivity contribution < 1.29 is 0 Å². The molecule has 84 valence electrons. The Morgan fingerprint density at radius 3 is 2.56 bits per heavy atom. The second-order valence-electron chi connectivity index (χ2n) is 4.23. The normalized spacial score (nSPS) is 11.0. The lowest BCUT2D eigenvalue weighted by Gasteiger charge is -2.09. The number of rotatable bonds is 2. The largest absolute Gasteiger partial charge is 0.381 e. The minimum atomic E-state index is 0.507. The molecule has 1 aromatic carbocycles. The quantitative estimate of drug-likeness (QED) is 0.866. The summed E-state index contributed by atoms with van der Waals surface area (Å²) in [6.45, 7) is 6.42. The third-order valence-electron chi connectivity index (χ3n) is 2.70. The van der Waals surface area contributed by atoms with Crippen LogP contribution in [0.15, 0.2) is 18.2 Å². The van der Waals surface area contributed by atoms with Gasteiger partial charge >= 0.3 is 0 Å². The van der Waals surface area contributed by atoms with Crippen LogP contribution in [0.3, 0.4) is 0 Å². The maximum absolute atomic E-state index is 5.80. The summed E-state index contributed by atoms with van der Waals surface area (Å²) in [6, 6.07) is 6.43. The van der Waals surface area contributed by atoms with Gasteiger partial charge in [0.15, 0.2) is 5.82 Å². The molecule has 0 atom stereocenters. The Balaban J connectivity index is 2.56. The molecule has 16 heavy (non-hydrogen) atoms. The van der Waals surface area contributed by atoms with E-state index in [1.165, 1.54) is 11.1 Å². The summed E-state index contributed by atoms with van der Waals surface area (Å²) in [7, 11) is 0. The molecular weight excluding hydrogens is 218 g/mol. The number of hydrogen-bond donors (Lipinski definition) is 1. The Morgan fingerprint density at radius 1 is 1.25 bits per heavy atom. The van der Waals surface area contributed by atoms with E-state index >= 15 is 0 Å². The van der Waals surface area contributed by atoms with Crippen LogP contribution in [-0.4, -0.2) is 8.75 Å². The molecule has 4 heteroatoms. The fraction of sp³-hybridized carbons (Fsp3) is 0.333. The van der Waals surface area contributed by atoms with Gasteiger partial charge in [-0.2, -0.15) is 8.75 Å². The zero-order chi connectivity index (χ0) is 11.7. The molecule has 0 saturated carbocycles. The van der Waals surface area contributed by atoms with Crippen LogP contribution in [0.4, 0.5) is 5.82 Å². The molecule has 2 aromatic rings. The molecule has 0 radical (unpaired) electrons. The minimum absolute atomic E-state index is 0.507. The van der Waals surface area contributed by atoms with Crippen LogP contribution in [0.2, 0.25) is 0 Å². The van der Waals surface area contributed by atoms with Crippen LogP contribution < -0.4 is 5.73 Å². The van der Waals surface area contributed by atoms with E-state index in [1.54, 1.807) is 0 Å². The van der Waals surface area contributed by atoms with Gasteiger partial charge in [0.2, 0.25) is 0 Å². The number of hydrogen-bond acceptors (Lipinski definition) is 4. The highest BCUT2D eigenvalue weighted by atomic mass is 32.1. The predicted molar refractivity (Wildman–Crippen MR) is 68.6 cm³/mol. The van der Waals surface area contributed by atoms with Crippen molar-refractivity contribution in [3.63, 3.8) is 0 Å². The molecule has 0 aliphatic heterocycles. The molecule has 3 nitrogen and oxygen atoms in total. The fourth-order valence-corrected chi connectivity index (χ4v) is 2.13. The lowest BCUT2D eigenvalue weighted by Crippen LogP contribution is -1.94. The highest BCUT2D eigenvalue weighted by molar-refractivity contribution is 6.99. The van der Waals surface area contributed by atoms with Crippen molar-refractivity contribution in [1.82, 2.24) is 8.75 Å². The molecular formula is C12H15N3S. The van der Waals surface area contributed by atoms with E-state index in [-0.39, 0.29) is 0 Å². The first-order valence-electron chi connectivity index (χ1n) is 5.28. The maximum atomic E-state index is 5.80. The summed E-state index contributed by atoms with van der Waals surface area (Å²) in [4.78, 5) is 0. The molecule has 0 saturated heterocycles. The topological polar surface area (TPSA) is 51.8 Å². The van der Waals surface area contributed by atoms with Gasteiger partial charge in [0.05, 0.1) is 11.7 Å². The Labute approximate surface area is 99.6 Å². The molecule has 0 fully saturated rings. The Kier molecular flexibility index (Phi) is 2.92. The van der Waals surface area contributed by atoms with E-state index in [0.717, 1.165) is 23.0 Å². The van der Waals surface area contributed by atoms with Crippen LogP contribution in [0.5, 0.6) is 0 Å². The van der Waals surface area contributed by atoms with E-state index in [9.17, 15) is 0 Å². The van der Waals surface area contributed by atoms with Crippen molar-refractivity contribution >= 4 is 17.5 Å². The van der Waals surface area contributed by atoms with E-state index < -0.39 is 0 Å². The average molecular weight is 233 g/mol. The monoisotopic (exact) mass is 233 g/mol. The molecule has 1 heterocycles. The molecule has 0 aliphatic rings. The second kappa shape index (κ2) is 4.22. The zero-order valence-corrected chi connectivity index (χ0v) is 10.5. The SMILES string of the molecule is Cc1ccc(C(C)C)cc1-c1nsnc1N. The van der Waals surface area contributed by atoms with Crippen molar-refractivity contribution in [2.24, 2.45) is 0 Å². The smallest absolute Gasteiger partial charge is 0.165 e. The van der Waals surface area contributed by atoms with Gasteiger partial charge in [-0.1, -0.05) is 26.0 Å². The first-order chi connectivity index (χ1) is 7.59. The molecule has 1 aromatic heterocycles. The lowest BCUT2D eigenvalue weighted by molar-refractivity contribution is 0.866. The summed E-state index contributed by atoms with van der Waals surface area (Å²) in [5, 5.41) is 0. The molecule has 2 rings (SSSR count). The summed E-state index contributed by atoms with van der Waals surface area (Å²) in [5.74, 6) is 1.03. The summed E-state index contributed by atoms with van der Waals surface area (Å²) < 4.78 is 8.27. The zero-order valence-electron chi connectivity index (χ0n) is 9.69. The van der Waals surface area contributed by atoms with Gasteiger partial charge in [-0.05, 0) is 30.0 Å². The van der Waals surface area contributed by atoms with E-state index in [4.69, 9.17) is 5.73 Å². The van der Waals surface area contributed by atoms with Crippen molar-refractivity contribution in [3.05, 3.63) is 29.3 Å². The molecule has 0 amide bonds. The molecule has 0 bridgehead atoms. The second-order valence-corrected chi connectivity index (χ2v) is 4.76. The van der Waals surface area contributed by atoms with Gasteiger partial charge in [0, 0.05) is 5.56 Å². The summed E-state index contributed by atoms with van der Waals surface area (Å²) >= 11 is 1.16. The predicted octanol–water partition coefficient (Wildman–Crippen LogP) is 3.22. The molecule has 0 spiro atoms. The Bertz CT molecular complexity index is 503. The van der Waals surface area contributed by atoms with E-state index in [1.807, 2.05) is 0 Å². The van der Waals surface area contributed by atoms with E-state index in [0.29, 0.717) is 11.7 Å². The fourth-order valence-electron chi connectivity index (χ4n) is 1.64. The van der Waals surface area contributed by atoms with Gasteiger partial charge in [0.25, 0.3) is 0 Å². The van der Waals surface area contributed by atoms with Crippen LogP contribution in [-0.2, 0) is 0 Å². The summed E-state index contributed by atoms with van der Waals surface area (Å²) in [6.07, 6.45) is 0. The number of anilines is 1. The molecule has 2 N–H and O–H groups in total. The number of nitrogen functional groups attached to an aromatic ring is 1. The van der Waals surface area contributed by atoms with Crippen molar-refractivity contribution in [3.8, 4) is 11.3 Å². The maximum Gasteiger partial charge on any atom is 0.165 e. The van der Waals surface area contributed by atoms with Gasteiger partial charge in [-0.15, -0.1) is 0 Å². The third kappa shape index (κ3) is 1.93. The van der Waals surface area contributed by atoms with Gasteiger partial charge in [0.1, 0.15) is 5.69 Å². The van der Waals surface area contributed by atoms with E-state index in [2.05, 4.69) is 47.7 Å². The number of nitrogens with zero attached hydrogens (tertiary/aromatic N) is 2. The highest BCUT2D eigenvalue weighted by Crippen LogP contribution is 2.29. The first-order valence-corrected chi connectivity index (χ1v) is 6.01. The Hall–Kier alpha value is -1.42. The minimum Gasteiger partial charge on any atom is -0.381 e.